The zero-order valence-corrected chi connectivity index (χ0v) is 16.7. The number of nitrogens with zero attached hydrogens (tertiary/aromatic N) is 1. The SMILES string of the molecule is O=C(COc1cc2oc(=O)cc(-c3ccccc3)c2cc1Cl)c1cccc([N+](=O)[O-])c1. The van der Waals surface area contributed by atoms with E-state index in [1.807, 2.05) is 30.3 Å². The number of hydrogen-bond acceptors (Lipinski definition) is 6. The van der Waals surface area contributed by atoms with Gasteiger partial charge in [0.15, 0.2) is 12.4 Å². The molecule has 0 bridgehead atoms. The molecule has 1 heterocycles. The van der Waals surface area contributed by atoms with Crippen LogP contribution >= 0.6 is 11.6 Å². The van der Waals surface area contributed by atoms with Gasteiger partial charge in [-0.15, -0.1) is 0 Å². The van der Waals surface area contributed by atoms with Gasteiger partial charge in [0.2, 0.25) is 0 Å². The lowest BCUT2D eigenvalue weighted by Gasteiger charge is -2.11. The molecular weight excluding hydrogens is 422 g/mol. The maximum absolute atomic E-state index is 12.4. The molecule has 0 amide bonds. The van der Waals surface area contributed by atoms with Gasteiger partial charge in [-0.3, -0.25) is 14.9 Å². The monoisotopic (exact) mass is 435 g/mol. The fraction of sp³-hybridized carbons (Fsp3) is 0.0435. The zero-order chi connectivity index (χ0) is 22.0. The quantitative estimate of drug-likeness (QED) is 0.177. The van der Waals surface area contributed by atoms with Crippen LogP contribution in [0, 0.1) is 10.1 Å². The average Bonchev–Trinajstić information content (AvgIpc) is 2.78. The van der Waals surface area contributed by atoms with Gasteiger partial charge in [0.1, 0.15) is 11.3 Å². The molecule has 0 saturated carbocycles. The number of carbonyl (C=O) groups is 1. The fourth-order valence-electron chi connectivity index (χ4n) is 3.15. The highest BCUT2D eigenvalue weighted by molar-refractivity contribution is 6.33. The summed E-state index contributed by atoms with van der Waals surface area (Å²) in [5, 5.41) is 11.7. The fourth-order valence-corrected chi connectivity index (χ4v) is 3.37. The number of hydrogen-bond donors (Lipinski definition) is 0. The van der Waals surface area contributed by atoms with Crippen molar-refractivity contribution in [2.24, 2.45) is 0 Å². The number of Topliss-reactive ketones (excluding diaryl/α,β-unsaturated/α-hetero) is 1. The number of ketones is 1. The molecule has 4 rings (SSSR count). The Kier molecular flexibility index (Phi) is 5.51. The topological polar surface area (TPSA) is 99.7 Å². The first-order chi connectivity index (χ1) is 14.9. The van der Waals surface area contributed by atoms with Crippen molar-refractivity contribution in [1.82, 2.24) is 0 Å². The first-order valence-corrected chi connectivity index (χ1v) is 9.53. The molecule has 0 aliphatic heterocycles. The minimum absolute atomic E-state index is 0.143. The Morgan fingerprint density at radius 2 is 1.81 bits per heavy atom. The number of benzene rings is 3. The van der Waals surface area contributed by atoms with Crippen molar-refractivity contribution in [3.63, 3.8) is 0 Å². The van der Waals surface area contributed by atoms with Crippen LogP contribution in [-0.2, 0) is 0 Å². The summed E-state index contributed by atoms with van der Waals surface area (Å²) in [7, 11) is 0. The summed E-state index contributed by atoms with van der Waals surface area (Å²) in [6, 6.07) is 19.1. The van der Waals surface area contributed by atoms with E-state index in [4.69, 9.17) is 20.8 Å². The number of ether oxygens (including phenoxy) is 1. The van der Waals surface area contributed by atoms with Gasteiger partial charge in [0.25, 0.3) is 5.69 Å². The van der Waals surface area contributed by atoms with Crippen LogP contribution < -0.4 is 10.4 Å². The average molecular weight is 436 g/mol. The molecule has 4 aromatic rings. The van der Waals surface area contributed by atoms with Gasteiger partial charge < -0.3 is 9.15 Å². The molecule has 0 N–H and O–H groups in total. The second-order valence-corrected chi connectivity index (χ2v) is 7.05. The summed E-state index contributed by atoms with van der Waals surface area (Å²) < 4.78 is 10.8. The lowest BCUT2D eigenvalue weighted by molar-refractivity contribution is -0.384. The Bertz CT molecular complexity index is 1360. The highest BCUT2D eigenvalue weighted by Gasteiger charge is 2.15. The number of nitro groups is 1. The second-order valence-electron chi connectivity index (χ2n) is 6.64. The van der Waals surface area contributed by atoms with E-state index in [0.29, 0.717) is 10.9 Å². The van der Waals surface area contributed by atoms with Crippen molar-refractivity contribution in [3.8, 4) is 16.9 Å². The van der Waals surface area contributed by atoms with Crippen molar-refractivity contribution < 1.29 is 18.9 Å². The molecule has 31 heavy (non-hydrogen) atoms. The Labute approximate surface area is 180 Å². The molecule has 0 atom stereocenters. The molecule has 1 aromatic heterocycles. The summed E-state index contributed by atoms with van der Waals surface area (Å²) in [5.74, 6) is -0.305. The number of rotatable bonds is 6. The van der Waals surface area contributed by atoms with E-state index in [0.717, 1.165) is 5.56 Å². The van der Waals surface area contributed by atoms with Gasteiger partial charge in [-0.1, -0.05) is 54.1 Å². The summed E-state index contributed by atoms with van der Waals surface area (Å²) in [6.45, 7) is -0.394. The molecule has 154 valence electrons. The van der Waals surface area contributed by atoms with Gasteiger partial charge in [0.05, 0.1) is 9.95 Å². The largest absolute Gasteiger partial charge is 0.484 e. The van der Waals surface area contributed by atoms with E-state index in [1.54, 1.807) is 6.07 Å². The molecule has 0 fully saturated rings. The van der Waals surface area contributed by atoms with Gasteiger partial charge in [-0.25, -0.2) is 4.79 Å². The van der Waals surface area contributed by atoms with Crippen LogP contribution in [0.15, 0.2) is 82.0 Å². The van der Waals surface area contributed by atoms with Gasteiger partial charge in [-0.05, 0) is 17.2 Å². The number of halogens is 1. The molecule has 8 heteroatoms. The lowest BCUT2D eigenvalue weighted by Crippen LogP contribution is -2.12. The summed E-state index contributed by atoms with van der Waals surface area (Å²) >= 11 is 6.35. The van der Waals surface area contributed by atoms with Crippen LogP contribution in [0.25, 0.3) is 22.1 Å². The Morgan fingerprint density at radius 3 is 2.55 bits per heavy atom. The van der Waals surface area contributed by atoms with Crippen LogP contribution in [0.2, 0.25) is 5.02 Å². The van der Waals surface area contributed by atoms with Gasteiger partial charge >= 0.3 is 5.63 Å². The highest BCUT2D eigenvalue weighted by atomic mass is 35.5. The molecule has 0 unspecified atom stereocenters. The van der Waals surface area contributed by atoms with Crippen LogP contribution in [0.3, 0.4) is 0 Å². The minimum Gasteiger partial charge on any atom is -0.484 e. The van der Waals surface area contributed by atoms with Gasteiger partial charge in [-0.2, -0.15) is 0 Å². The molecule has 0 radical (unpaired) electrons. The number of nitro benzene ring substituents is 1. The Hall–Kier alpha value is -3.97. The van der Waals surface area contributed by atoms with Crippen molar-refractivity contribution in [3.05, 3.63) is 104 Å². The first kappa shape index (κ1) is 20.3. The minimum atomic E-state index is -0.579. The Balaban J connectivity index is 1.64. The molecule has 3 aromatic carbocycles. The standard InChI is InChI=1S/C23H14ClNO6/c24-19-10-18-17(14-5-2-1-3-6-14)11-23(27)31-21(18)12-22(19)30-13-20(26)15-7-4-8-16(9-15)25(28)29/h1-12H,13H2. The van der Waals surface area contributed by atoms with Crippen LogP contribution in [-0.4, -0.2) is 17.3 Å². The maximum atomic E-state index is 12.4. The molecule has 7 nitrogen and oxygen atoms in total. The molecule has 0 saturated heterocycles. The van der Waals surface area contributed by atoms with E-state index >= 15 is 0 Å². The van der Waals surface area contributed by atoms with E-state index in [2.05, 4.69) is 0 Å². The summed E-state index contributed by atoms with van der Waals surface area (Å²) in [4.78, 5) is 34.8. The summed E-state index contributed by atoms with van der Waals surface area (Å²) in [6.07, 6.45) is 0. The van der Waals surface area contributed by atoms with E-state index in [-0.39, 0.29) is 27.6 Å². The van der Waals surface area contributed by atoms with Gasteiger partial charge in [0, 0.05) is 35.2 Å². The normalized spacial score (nSPS) is 10.7. The highest BCUT2D eigenvalue weighted by Crippen LogP contribution is 2.34. The van der Waals surface area contributed by atoms with E-state index < -0.39 is 22.9 Å². The number of non-ortho nitro benzene ring substituents is 1. The molecular formula is C23H14ClNO6. The third-order valence-electron chi connectivity index (χ3n) is 4.62. The second kappa shape index (κ2) is 8.41. The van der Waals surface area contributed by atoms with Crippen molar-refractivity contribution in [2.75, 3.05) is 6.61 Å². The van der Waals surface area contributed by atoms with Crippen molar-refractivity contribution >= 4 is 34.0 Å². The lowest BCUT2D eigenvalue weighted by atomic mass is 10.0. The Morgan fingerprint density at radius 1 is 1.03 bits per heavy atom. The molecule has 0 spiro atoms. The van der Waals surface area contributed by atoms with E-state index in [1.165, 1.54) is 36.4 Å². The molecule has 0 aliphatic carbocycles. The van der Waals surface area contributed by atoms with E-state index in [9.17, 15) is 19.7 Å². The zero-order valence-electron chi connectivity index (χ0n) is 15.9. The molecule has 0 aliphatic rings. The van der Waals surface area contributed by atoms with Crippen LogP contribution in [0.1, 0.15) is 10.4 Å². The van der Waals surface area contributed by atoms with Crippen molar-refractivity contribution in [2.45, 2.75) is 0 Å². The maximum Gasteiger partial charge on any atom is 0.336 e. The van der Waals surface area contributed by atoms with Crippen LogP contribution in [0.4, 0.5) is 5.69 Å². The van der Waals surface area contributed by atoms with Crippen molar-refractivity contribution in [1.29, 1.82) is 0 Å². The predicted octanol–water partition coefficient (Wildman–Crippen LogP) is 5.28. The summed E-state index contributed by atoms with van der Waals surface area (Å²) in [5.41, 5.74) is 1.16. The smallest absolute Gasteiger partial charge is 0.336 e. The number of carbonyl (C=O) groups excluding carboxylic acids is 1. The third kappa shape index (κ3) is 4.31. The predicted molar refractivity (Wildman–Crippen MR) is 116 cm³/mol. The third-order valence-corrected chi connectivity index (χ3v) is 4.91. The first-order valence-electron chi connectivity index (χ1n) is 9.15. The number of fused-ring (bicyclic) bond motifs is 1. The van der Waals surface area contributed by atoms with Crippen LogP contribution in [0.5, 0.6) is 5.75 Å².